The molecule has 7 nitrogen and oxygen atoms in total. The van der Waals surface area contributed by atoms with E-state index in [1.807, 2.05) is 0 Å². The summed E-state index contributed by atoms with van der Waals surface area (Å²) in [5.41, 5.74) is 0.922. The lowest BCUT2D eigenvalue weighted by atomic mass is 10.0. The summed E-state index contributed by atoms with van der Waals surface area (Å²) in [5.74, 6) is -0.468. The Morgan fingerprint density at radius 1 is 1.10 bits per heavy atom. The number of halogens is 4. The smallest absolute Gasteiger partial charge is 0.334 e. The first-order valence-corrected chi connectivity index (χ1v) is 8.71. The Hall–Kier alpha value is -3.27. The molecule has 3 heterocycles. The van der Waals surface area contributed by atoms with Crippen molar-refractivity contribution in [3.63, 3.8) is 0 Å². The van der Waals surface area contributed by atoms with Crippen molar-refractivity contribution in [1.29, 1.82) is 0 Å². The molecule has 0 N–H and O–H groups in total. The number of benzene rings is 1. The van der Waals surface area contributed by atoms with Gasteiger partial charge >= 0.3 is 6.55 Å². The van der Waals surface area contributed by atoms with Crippen LogP contribution in [0.3, 0.4) is 0 Å². The monoisotopic (exact) mass is 420 g/mol. The van der Waals surface area contributed by atoms with Gasteiger partial charge in [-0.05, 0) is 13.0 Å². The van der Waals surface area contributed by atoms with E-state index in [0.29, 0.717) is 20.7 Å². The fraction of sp³-hybridized carbons (Fsp3) is 0.167. The minimum Gasteiger partial charge on any atom is -0.482 e. The summed E-state index contributed by atoms with van der Waals surface area (Å²) >= 11 is 5.98. The van der Waals surface area contributed by atoms with Crippen molar-refractivity contribution in [3.05, 3.63) is 60.0 Å². The van der Waals surface area contributed by atoms with E-state index < -0.39 is 18.5 Å². The molecule has 0 aliphatic rings. The minimum atomic E-state index is -2.82. The Kier molecular flexibility index (Phi) is 5.01. The highest BCUT2D eigenvalue weighted by atomic mass is 35.5. The molecular formula is C18H12ClF3N6O. The lowest BCUT2D eigenvalue weighted by Gasteiger charge is -2.16. The molecule has 0 fully saturated rings. The van der Waals surface area contributed by atoms with Crippen molar-refractivity contribution in [3.8, 4) is 16.9 Å². The highest BCUT2D eigenvalue weighted by molar-refractivity contribution is 6.30. The zero-order chi connectivity index (χ0) is 20.5. The Morgan fingerprint density at radius 3 is 2.66 bits per heavy atom. The van der Waals surface area contributed by atoms with Crippen LogP contribution in [0.1, 0.15) is 25.4 Å². The Labute approximate surface area is 167 Å². The van der Waals surface area contributed by atoms with E-state index in [9.17, 15) is 8.78 Å². The van der Waals surface area contributed by atoms with Gasteiger partial charge in [-0.25, -0.2) is 19.3 Å². The van der Waals surface area contributed by atoms with E-state index in [2.05, 4.69) is 25.0 Å². The second-order valence-corrected chi connectivity index (χ2v) is 6.47. The van der Waals surface area contributed by atoms with Crippen LogP contribution in [-0.2, 0) is 0 Å². The van der Waals surface area contributed by atoms with Crippen LogP contribution in [0.25, 0.3) is 22.0 Å². The summed E-state index contributed by atoms with van der Waals surface area (Å²) in [6.07, 6.45) is 5.73. The average molecular weight is 421 g/mol. The average Bonchev–Trinajstić information content (AvgIpc) is 3.19. The maximum absolute atomic E-state index is 15.0. The standard InChI is InChI=1S/C18H12ClF3N6O/c1-9(17-26-8-28(27-17)18(21)22)29-14-3-13(20)15(10-2-11(19)5-23-4-10)16-12(14)6-24-7-25-16/h2-9,18H,1H3/t9-/m1/s1. The van der Waals surface area contributed by atoms with E-state index in [-0.39, 0.29) is 22.7 Å². The fourth-order valence-electron chi connectivity index (χ4n) is 2.82. The molecule has 0 saturated carbocycles. The van der Waals surface area contributed by atoms with Crippen molar-refractivity contribution in [2.45, 2.75) is 19.6 Å². The zero-order valence-corrected chi connectivity index (χ0v) is 15.6. The molecule has 4 aromatic rings. The van der Waals surface area contributed by atoms with Crippen LogP contribution in [0.15, 0.2) is 43.4 Å². The van der Waals surface area contributed by atoms with E-state index in [0.717, 1.165) is 6.33 Å². The third-order valence-corrected chi connectivity index (χ3v) is 4.30. The number of fused-ring (bicyclic) bond motifs is 1. The number of nitrogens with zero attached hydrogens (tertiary/aromatic N) is 6. The van der Waals surface area contributed by atoms with Crippen LogP contribution in [0, 0.1) is 5.82 Å². The molecule has 0 aliphatic heterocycles. The van der Waals surface area contributed by atoms with Gasteiger partial charge in [-0.3, -0.25) is 4.98 Å². The van der Waals surface area contributed by atoms with E-state index in [1.54, 1.807) is 13.0 Å². The number of alkyl halides is 2. The lowest BCUT2D eigenvalue weighted by Crippen LogP contribution is -2.08. The summed E-state index contributed by atoms with van der Waals surface area (Å²) in [6.45, 7) is -1.26. The molecule has 0 amide bonds. The van der Waals surface area contributed by atoms with Gasteiger partial charge in [0.2, 0.25) is 0 Å². The summed E-state index contributed by atoms with van der Waals surface area (Å²) in [7, 11) is 0. The zero-order valence-electron chi connectivity index (χ0n) is 14.8. The van der Waals surface area contributed by atoms with Gasteiger partial charge in [0.25, 0.3) is 0 Å². The molecule has 0 saturated heterocycles. The number of hydrogen-bond acceptors (Lipinski definition) is 6. The van der Waals surface area contributed by atoms with Gasteiger partial charge in [0.05, 0.1) is 15.9 Å². The Morgan fingerprint density at radius 2 is 1.93 bits per heavy atom. The molecule has 4 rings (SSSR count). The summed E-state index contributed by atoms with van der Waals surface area (Å²) in [4.78, 5) is 15.9. The number of ether oxygens (including phenoxy) is 1. The topological polar surface area (TPSA) is 78.6 Å². The van der Waals surface area contributed by atoms with Gasteiger partial charge in [-0.2, -0.15) is 13.5 Å². The van der Waals surface area contributed by atoms with Gasteiger partial charge in [-0.15, -0.1) is 5.10 Å². The lowest BCUT2D eigenvalue weighted by molar-refractivity contribution is 0.0550. The first-order chi connectivity index (χ1) is 13.9. The molecule has 1 atom stereocenters. The second-order valence-electron chi connectivity index (χ2n) is 6.03. The van der Waals surface area contributed by atoms with Gasteiger partial charge in [0.15, 0.2) is 11.9 Å². The SMILES string of the molecule is C[C@@H](Oc1cc(F)c(-c2cncc(Cl)c2)c2ncncc12)c1ncn(C(F)F)n1. The van der Waals surface area contributed by atoms with Crippen LogP contribution in [0.5, 0.6) is 5.75 Å². The second kappa shape index (κ2) is 7.63. The van der Waals surface area contributed by atoms with Crippen molar-refractivity contribution in [1.82, 2.24) is 29.7 Å². The fourth-order valence-corrected chi connectivity index (χ4v) is 2.99. The van der Waals surface area contributed by atoms with Gasteiger partial charge in [-0.1, -0.05) is 11.6 Å². The predicted molar refractivity (Wildman–Crippen MR) is 98.1 cm³/mol. The summed E-state index contributed by atoms with van der Waals surface area (Å²) in [5, 5.41) is 4.43. The van der Waals surface area contributed by atoms with Crippen LogP contribution in [0.2, 0.25) is 5.02 Å². The van der Waals surface area contributed by atoms with Crippen molar-refractivity contribution in [2.24, 2.45) is 0 Å². The summed E-state index contributed by atoms with van der Waals surface area (Å²) < 4.78 is 46.6. The molecule has 1 aromatic carbocycles. The maximum atomic E-state index is 15.0. The Bertz CT molecular complexity index is 1190. The van der Waals surface area contributed by atoms with Crippen LogP contribution in [0.4, 0.5) is 13.2 Å². The minimum absolute atomic E-state index is 0.0267. The highest BCUT2D eigenvalue weighted by Gasteiger charge is 2.21. The van der Waals surface area contributed by atoms with E-state index >= 15 is 4.39 Å². The van der Waals surface area contributed by atoms with Gasteiger partial charge < -0.3 is 4.74 Å². The number of aromatic nitrogens is 6. The number of rotatable bonds is 5. The molecule has 148 valence electrons. The molecule has 11 heteroatoms. The van der Waals surface area contributed by atoms with E-state index in [4.69, 9.17) is 16.3 Å². The van der Waals surface area contributed by atoms with Crippen molar-refractivity contribution < 1.29 is 17.9 Å². The Balaban J connectivity index is 1.77. The molecule has 0 bridgehead atoms. The normalized spacial score (nSPS) is 12.5. The van der Waals surface area contributed by atoms with Crippen LogP contribution < -0.4 is 4.74 Å². The third kappa shape index (κ3) is 3.70. The van der Waals surface area contributed by atoms with Crippen LogP contribution in [-0.4, -0.2) is 29.7 Å². The molecule has 0 unspecified atom stereocenters. The van der Waals surface area contributed by atoms with Gasteiger partial charge in [0.1, 0.15) is 24.2 Å². The third-order valence-electron chi connectivity index (χ3n) is 4.10. The van der Waals surface area contributed by atoms with Crippen molar-refractivity contribution >= 4 is 22.5 Å². The largest absolute Gasteiger partial charge is 0.482 e. The molecule has 3 aromatic heterocycles. The summed E-state index contributed by atoms with van der Waals surface area (Å²) in [6, 6.07) is 2.74. The van der Waals surface area contributed by atoms with E-state index in [1.165, 1.54) is 31.0 Å². The predicted octanol–water partition coefficient (Wildman–Crippen LogP) is 4.61. The highest BCUT2D eigenvalue weighted by Crippen LogP contribution is 2.37. The molecule has 0 radical (unpaired) electrons. The van der Waals surface area contributed by atoms with Crippen molar-refractivity contribution in [2.75, 3.05) is 0 Å². The first kappa shape index (κ1) is 19.1. The molecule has 0 aliphatic carbocycles. The maximum Gasteiger partial charge on any atom is 0.334 e. The molecular weight excluding hydrogens is 409 g/mol. The number of pyridine rings is 1. The van der Waals surface area contributed by atoms with Crippen LogP contribution >= 0.6 is 11.6 Å². The molecule has 0 spiro atoms. The number of hydrogen-bond donors (Lipinski definition) is 0. The quantitative estimate of drug-likeness (QED) is 0.469. The molecule has 29 heavy (non-hydrogen) atoms. The first-order valence-electron chi connectivity index (χ1n) is 8.33. The van der Waals surface area contributed by atoms with Gasteiger partial charge in [0, 0.05) is 35.8 Å².